The first kappa shape index (κ1) is 11.1. The van der Waals surface area contributed by atoms with Crippen molar-refractivity contribution in [2.75, 3.05) is 26.3 Å². The lowest BCUT2D eigenvalue weighted by atomic mass is 10.4. The Morgan fingerprint density at radius 2 is 2.42 bits per heavy atom. The number of rotatable bonds is 7. The SMILES string of the molecule is C=CCCNC(=O)COCCN. The van der Waals surface area contributed by atoms with Crippen molar-refractivity contribution in [2.45, 2.75) is 6.42 Å². The monoisotopic (exact) mass is 172 g/mol. The molecule has 1 amide bonds. The standard InChI is InChI=1S/C8H16N2O2/c1-2-3-5-10-8(11)7-12-6-4-9/h2H,1,3-7,9H2,(H,10,11). The van der Waals surface area contributed by atoms with Gasteiger partial charge in [-0.05, 0) is 6.42 Å². The normalized spacial score (nSPS) is 9.42. The van der Waals surface area contributed by atoms with Crippen LogP contribution in [0.3, 0.4) is 0 Å². The van der Waals surface area contributed by atoms with Gasteiger partial charge >= 0.3 is 0 Å². The number of hydrogen-bond donors (Lipinski definition) is 2. The van der Waals surface area contributed by atoms with E-state index < -0.39 is 0 Å². The molecule has 12 heavy (non-hydrogen) atoms. The van der Waals surface area contributed by atoms with Gasteiger partial charge in [0.25, 0.3) is 0 Å². The van der Waals surface area contributed by atoms with Crippen molar-refractivity contribution in [2.24, 2.45) is 5.73 Å². The van der Waals surface area contributed by atoms with E-state index >= 15 is 0 Å². The highest BCUT2D eigenvalue weighted by Crippen LogP contribution is 1.77. The predicted octanol–water partition coefficient (Wildman–Crippen LogP) is -0.346. The van der Waals surface area contributed by atoms with Crippen molar-refractivity contribution in [1.29, 1.82) is 0 Å². The summed E-state index contributed by atoms with van der Waals surface area (Å²) in [4.78, 5) is 10.9. The highest BCUT2D eigenvalue weighted by Gasteiger charge is 1.97. The van der Waals surface area contributed by atoms with Gasteiger partial charge in [-0.2, -0.15) is 0 Å². The molecule has 0 saturated carbocycles. The second-order valence-corrected chi connectivity index (χ2v) is 2.27. The maximum absolute atomic E-state index is 10.9. The van der Waals surface area contributed by atoms with Crippen LogP contribution in [0.1, 0.15) is 6.42 Å². The zero-order valence-electron chi connectivity index (χ0n) is 7.21. The smallest absolute Gasteiger partial charge is 0.246 e. The second kappa shape index (κ2) is 8.23. The first-order chi connectivity index (χ1) is 5.81. The van der Waals surface area contributed by atoms with E-state index in [1.165, 1.54) is 0 Å². The minimum atomic E-state index is -0.106. The molecule has 0 radical (unpaired) electrons. The molecule has 70 valence electrons. The molecule has 0 aliphatic rings. The summed E-state index contributed by atoms with van der Waals surface area (Å²) < 4.78 is 4.91. The van der Waals surface area contributed by atoms with Crippen LogP contribution in [0.2, 0.25) is 0 Å². The lowest BCUT2D eigenvalue weighted by Crippen LogP contribution is -2.29. The molecule has 4 nitrogen and oxygen atoms in total. The Kier molecular flexibility index (Phi) is 7.63. The van der Waals surface area contributed by atoms with Crippen molar-refractivity contribution in [3.05, 3.63) is 12.7 Å². The fourth-order valence-electron chi connectivity index (χ4n) is 0.613. The fraction of sp³-hybridized carbons (Fsp3) is 0.625. The summed E-state index contributed by atoms with van der Waals surface area (Å²) in [6.45, 7) is 5.11. The number of carbonyl (C=O) groups is 1. The van der Waals surface area contributed by atoms with E-state index in [2.05, 4.69) is 11.9 Å². The van der Waals surface area contributed by atoms with E-state index in [9.17, 15) is 4.79 Å². The molecule has 0 unspecified atom stereocenters. The Morgan fingerprint density at radius 1 is 1.67 bits per heavy atom. The van der Waals surface area contributed by atoms with Crippen LogP contribution in [0.25, 0.3) is 0 Å². The molecule has 0 bridgehead atoms. The van der Waals surface area contributed by atoms with Gasteiger partial charge in [0.2, 0.25) is 5.91 Å². The van der Waals surface area contributed by atoms with E-state index in [-0.39, 0.29) is 12.5 Å². The summed E-state index contributed by atoms with van der Waals surface area (Å²) in [5, 5.41) is 2.67. The zero-order valence-corrected chi connectivity index (χ0v) is 7.21. The molecule has 0 aliphatic carbocycles. The molecule has 0 atom stereocenters. The van der Waals surface area contributed by atoms with Gasteiger partial charge in [-0.1, -0.05) is 6.08 Å². The number of hydrogen-bond acceptors (Lipinski definition) is 3. The van der Waals surface area contributed by atoms with Crippen molar-refractivity contribution >= 4 is 5.91 Å². The van der Waals surface area contributed by atoms with Crippen LogP contribution in [0, 0.1) is 0 Å². The van der Waals surface area contributed by atoms with Crippen LogP contribution in [0.4, 0.5) is 0 Å². The fourth-order valence-corrected chi connectivity index (χ4v) is 0.613. The molecule has 0 aliphatic heterocycles. The third kappa shape index (κ3) is 7.24. The zero-order chi connectivity index (χ0) is 9.23. The van der Waals surface area contributed by atoms with Gasteiger partial charge in [0, 0.05) is 13.1 Å². The Hall–Kier alpha value is -0.870. The lowest BCUT2D eigenvalue weighted by molar-refractivity contribution is -0.125. The first-order valence-electron chi connectivity index (χ1n) is 3.96. The summed E-state index contributed by atoms with van der Waals surface area (Å²) in [6.07, 6.45) is 2.53. The van der Waals surface area contributed by atoms with Gasteiger partial charge in [-0.3, -0.25) is 4.79 Å². The lowest BCUT2D eigenvalue weighted by Gasteiger charge is -2.03. The van der Waals surface area contributed by atoms with Gasteiger partial charge in [-0.25, -0.2) is 0 Å². The van der Waals surface area contributed by atoms with Gasteiger partial charge in [-0.15, -0.1) is 6.58 Å². The van der Waals surface area contributed by atoms with Crippen LogP contribution in [0.15, 0.2) is 12.7 Å². The summed E-state index contributed by atoms with van der Waals surface area (Å²) >= 11 is 0. The van der Waals surface area contributed by atoms with Gasteiger partial charge in [0.05, 0.1) is 6.61 Å². The maximum Gasteiger partial charge on any atom is 0.246 e. The van der Waals surface area contributed by atoms with E-state index in [4.69, 9.17) is 10.5 Å². The largest absolute Gasteiger partial charge is 0.370 e. The molecule has 0 rings (SSSR count). The molecule has 0 saturated heterocycles. The van der Waals surface area contributed by atoms with Gasteiger partial charge in [0.1, 0.15) is 6.61 Å². The molecule has 0 spiro atoms. The number of nitrogens with one attached hydrogen (secondary N) is 1. The predicted molar refractivity (Wildman–Crippen MR) is 47.7 cm³/mol. The highest BCUT2D eigenvalue weighted by atomic mass is 16.5. The third-order valence-electron chi connectivity index (χ3n) is 1.17. The molecule has 0 aromatic heterocycles. The molecular formula is C8H16N2O2. The second-order valence-electron chi connectivity index (χ2n) is 2.27. The number of carbonyl (C=O) groups excluding carboxylic acids is 1. The summed E-state index contributed by atoms with van der Waals surface area (Å²) in [5.41, 5.74) is 5.17. The molecule has 0 aromatic rings. The maximum atomic E-state index is 10.9. The molecule has 0 heterocycles. The average Bonchev–Trinajstić information content (AvgIpc) is 2.06. The number of nitrogens with two attached hydrogens (primary N) is 1. The summed E-state index contributed by atoms with van der Waals surface area (Å²) in [5.74, 6) is -0.106. The van der Waals surface area contributed by atoms with Crippen LogP contribution < -0.4 is 11.1 Å². The van der Waals surface area contributed by atoms with Crippen LogP contribution in [-0.2, 0) is 9.53 Å². The quantitative estimate of drug-likeness (QED) is 0.407. The van der Waals surface area contributed by atoms with E-state index in [0.717, 1.165) is 6.42 Å². The minimum Gasteiger partial charge on any atom is -0.370 e. The topological polar surface area (TPSA) is 64.3 Å². The van der Waals surface area contributed by atoms with E-state index in [0.29, 0.717) is 19.7 Å². The van der Waals surface area contributed by atoms with E-state index in [1.54, 1.807) is 6.08 Å². The average molecular weight is 172 g/mol. The van der Waals surface area contributed by atoms with Crippen molar-refractivity contribution in [1.82, 2.24) is 5.32 Å². The number of ether oxygens (including phenoxy) is 1. The third-order valence-corrected chi connectivity index (χ3v) is 1.17. The Bertz CT molecular complexity index is 137. The number of amides is 1. The van der Waals surface area contributed by atoms with Gasteiger partial charge in [0.15, 0.2) is 0 Å². The Labute approximate surface area is 72.8 Å². The first-order valence-corrected chi connectivity index (χ1v) is 3.96. The summed E-state index contributed by atoms with van der Waals surface area (Å²) in [7, 11) is 0. The molecule has 0 aromatic carbocycles. The van der Waals surface area contributed by atoms with E-state index in [1.807, 2.05) is 0 Å². The minimum absolute atomic E-state index is 0.0916. The van der Waals surface area contributed by atoms with Crippen LogP contribution in [0.5, 0.6) is 0 Å². The van der Waals surface area contributed by atoms with Gasteiger partial charge < -0.3 is 15.8 Å². The van der Waals surface area contributed by atoms with Crippen molar-refractivity contribution in [3.8, 4) is 0 Å². The van der Waals surface area contributed by atoms with Crippen LogP contribution >= 0.6 is 0 Å². The summed E-state index contributed by atoms with van der Waals surface area (Å²) in [6, 6.07) is 0. The molecular weight excluding hydrogens is 156 g/mol. The Balaban J connectivity index is 3.15. The molecule has 0 fully saturated rings. The molecule has 4 heteroatoms. The Morgan fingerprint density at radius 3 is 3.00 bits per heavy atom. The van der Waals surface area contributed by atoms with Crippen LogP contribution in [-0.4, -0.2) is 32.2 Å². The van der Waals surface area contributed by atoms with Crippen molar-refractivity contribution < 1.29 is 9.53 Å². The molecule has 3 N–H and O–H groups in total. The highest BCUT2D eigenvalue weighted by molar-refractivity contribution is 5.77. The van der Waals surface area contributed by atoms with Crippen molar-refractivity contribution in [3.63, 3.8) is 0 Å².